The van der Waals surface area contributed by atoms with Crippen LogP contribution in [0.5, 0.6) is 0 Å². The van der Waals surface area contributed by atoms with Crippen LogP contribution in [0.1, 0.15) is 16.7 Å². The summed E-state index contributed by atoms with van der Waals surface area (Å²) < 4.78 is 6.82. The van der Waals surface area contributed by atoms with E-state index in [0.717, 1.165) is 32.5 Å². The number of aromatic nitrogens is 4. The maximum atomic E-state index is 7.89. The molecular weight excluding hydrogens is 392 g/mol. The smallest absolute Gasteiger partial charge is 0.225 e. The predicted octanol–water partition coefficient (Wildman–Crippen LogP) is 2.48. The number of nitrogens with two attached hydrogens (primary N) is 1. The Hall–Kier alpha value is -3.72. The van der Waals surface area contributed by atoms with E-state index in [0.29, 0.717) is 35.2 Å². The Kier molecular flexibility index (Phi) is 5.09. The third-order valence-electron chi connectivity index (χ3n) is 5.67. The van der Waals surface area contributed by atoms with Gasteiger partial charge in [0.05, 0.1) is 11.8 Å². The van der Waals surface area contributed by atoms with E-state index in [2.05, 4.69) is 49.5 Å². The zero-order valence-corrected chi connectivity index (χ0v) is 17.1. The summed E-state index contributed by atoms with van der Waals surface area (Å²) in [5.41, 5.74) is 10.0. The van der Waals surface area contributed by atoms with Crippen LogP contribution in [0.15, 0.2) is 47.1 Å². The number of hydrogen-bond acceptors (Lipinski definition) is 8. The molecule has 4 aromatic rings. The summed E-state index contributed by atoms with van der Waals surface area (Å²) in [7, 11) is 0. The topological polar surface area (TPSA) is 121 Å². The van der Waals surface area contributed by atoms with E-state index in [1.807, 2.05) is 0 Å². The highest BCUT2D eigenvalue weighted by Crippen LogP contribution is 2.23. The first-order valence-corrected chi connectivity index (χ1v) is 10.4. The lowest BCUT2D eigenvalue weighted by atomic mass is 10.0. The van der Waals surface area contributed by atoms with Crippen LogP contribution < -0.4 is 11.1 Å². The Morgan fingerprint density at radius 3 is 2.55 bits per heavy atom. The zero-order valence-electron chi connectivity index (χ0n) is 17.1. The average Bonchev–Trinajstić information content (AvgIpc) is 3.42. The molecule has 1 aromatic carbocycles. The van der Waals surface area contributed by atoms with Gasteiger partial charge >= 0.3 is 0 Å². The number of nitrogens with one attached hydrogen (secondary N) is 2. The van der Waals surface area contributed by atoms with Crippen LogP contribution in [0.25, 0.3) is 17.2 Å². The summed E-state index contributed by atoms with van der Waals surface area (Å²) in [4.78, 5) is 11.4. The van der Waals surface area contributed by atoms with Gasteiger partial charge in [0.2, 0.25) is 11.8 Å². The molecule has 0 bridgehead atoms. The van der Waals surface area contributed by atoms with Gasteiger partial charge in [0.15, 0.2) is 11.4 Å². The number of benzene rings is 1. The standard InChI is InChI=1S/C22H24N8O/c23-14-17-19(25-9-12-29-10-7-15-4-1-2-5-16(15)8-11-29)27-22(24)30-21(17)26-20(28-30)18-6-3-13-31-18/h1-6,13-14,23,25H,7-12H2,(H2,24,27). The third-order valence-corrected chi connectivity index (χ3v) is 5.67. The van der Waals surface area contributed by atoms with Crippen molar-refractivity contribution in [3.8, 4) is 11.6 Å². The predicted molar refractivity (Wildman–Crippen MR) is 120 cm³/mol. The normalized spacial score (nSPS) is 14.3. The fourth-order valence-electron chi connectivity index (χ4n) is 4.02. The van der Waals surface area contributed by atoms with Crippen LogP contribution in [0.2, 0.25) is 0 Å². The first-order valence-electron chi connectivity index (χ1n) is 10.4. The van der Waals surface area contributed by atoms with E-state index >= 15 is 0 Å². The van der Waals surface area contributed by atoms with Crippen LogP contribution in [-0.2, 0) is 12.8 Å². The second-order valence-corrected chi connectivity index (χ2v) is 7.56. The summed E-state index contributed by atoms with van der Waals surface area (Å²) >= 11 is 0. The monoisotopic (exact) mass is 416 g/mol. The Morgan fingerprint density at radius 2 is 1.87 bits per heavy atom. The van der Waals surface area contributed by atoms with E-state index in [1.54, 1.807) is 18.4 Å². The highest BCUT2D eigenvalue weighted by Gasteiger charge is 2.18. The lowest BCUT2D eigenvalue weighted by Crippen LogP contribution is -2.31. The van der Waals surface area contributed by atoms with Crippen LogP contribution in [-0.4, -0.2) is 56.9 Å². The molecule has 31 heavy (non-hydrogen) atoms. The molecule has 0 aliphatic carbocycles. The summed E-state index contributed by atoms with van der Waals surface area (Å²) in [6.07, 6.45) is 4.92. The lowest BCUT2D eigenvalue weighted by Gasteiger charge is -2.20. The Morgan fingerprint density at radius 1 is 1.10 bits per heavy atom. The number of furan rings is 1. The molecule has 9 heteroatoms. The molecule has 1 aliphatic rings. The SMILES string of the molecule is N=Cc1c(NCCN2CCc3ccccc3CC2)nc(N)n2nc(-c3ccco3)nc12. The Balaban J connectivity index is 1.31. The number of fused-ring (bicyclic) bond motifs is 2. The fourth-order valence-corrected chi connectivity index (χ4v) is 4.02. The van der Waals surface area contributed by atoms with Crippen molar-refractivity contribution in [2.24, 2.45) is 0 Å². The maximum Gasteiger partial charge on any atom is 0.225 e. The summed E-state index contributed by atoms with van der Waals surface area (Å²) in [5, 5.41) is 15.6. The van der Waals surface area contributed by atoms with Gasteiger partial charge in [-0.2, -0.15) is 9.50 Å². The molecule has 158 valence electrons. The van der Waals surface area contributed by atoms with E-state index in [-0.39, 0.29) is 5.95 Å². The largest absolute Gasteiger partial charge is 0.461 e. The number of anilines is 2. The second-order valence-electron chi connectivity index (χ2n) is 7.56. The quantitative estimate of drug-likeness (QED) is 0.413. The number of rotatable bonds is 6. The molecule has 1 aliphatic heterocycles. The first-order chi connectivity index (χ1) is 15.2. The minimum absolute atomic E-state index is 0.207. The molecule has 9 nitrogen and oxygen atoms in total. The number of nitrogens with zero attached hydrogens (tertiary/aromatic N) is 5. The van der Waals surface area contributed by atoms with Crippen molar-refractivity contribution in [1.29, 1.82) is 5.41 Å². The molecule has 3 aromatic heterocycles. The summed E-state index contributed by atoms with van der Waals surface area (Å²) in [5.74, 6) is 1.69. The van der Waals surface area contributed by atoms with E-state index in [1.165, 1.54) is 21.9 Å². The van der Waals surface area contributed by atoms with Crippen LogP contribution in [0.3, 0.4) is 0 Å². The second kappa shape index (κ2) is 8.19. The van der Waals surface area contributed by atoms with Crippen molar-refractivity contribution < 1.29 is 4.42 Å². The van der Waals surface area contributed by atoms with Gasteiger partial charge in [0.1, 0.15) is 5.82 Å². The molecular formula is C22H24N8O. The average molecular weight is 416 g/mol. The van der Waals surface area contributed by atoms with Gasteiger partial charge < -0.3 is 25.8 Å². The highest BCUT2D eigenvalue weighted by atomic mass is 16.3. The molecule has 0 fully saturated rings. The third kappa shape index (κ3) is 3.75. The van der Waals surface area contributed by atoms with Gasteiger partial charge in [-0.1, -0.05) is 24.3 Å². The molecule has 0 amide bonds. The van der Waals surface area contributed by atoms with Gasteiger partial charge in [0, 0.05) is 32.4 Å². The van der Waals surface area contributed by atoms with Crippen LogP contribution in [0, 0.1) is 5.41 Å². The molecule has 0 unspecified atom stereocenters. The van der Waals surface area contributed by atoms with Crippen molar-refractivity contribution >= 4 is 23.6 Å². The van der Waals surface area contributed by atoms with Crippen molar-refractivity contribution in [3.63, 3.8) is 0 Å². The molecule has 0 saturated heterocycles. The first kappa shape index (κ1) is 19.3. The molecule has 0 saturated carbocycles. The van der Waals surface area contributed by atoms with E-state index < -0.39 is 0 Å². The van der Waals surface area contributed by atoms with Gasteiger partial charge in [-0.3, -0.25) is 0 Å². The van der Waals surface area contributed by atoms with E-state index in [4.69, 9.17) is 15.6 Å². The highest BCUT2D eigenvalue weighted by molar-refractivity contribution is 5.93. The van der Waals surface area contributed by atoms with E-state index in [9.17, 15) is 0 Å². The van der Waals surface area contributed by atoms with Gasteiger partial charge in [-0.05, 0) is 36.1 Å². The minimum Gasteiger partial charge on any atom is -0.461 e. The van der Waals surface area contributed by atoms with Crippen molar-refractivity contribution in [1.82, 2.24) is 24.5 Å². The maximum absolute atomic E-state index is 7.89. The van der Waals surface area contributed by atoms with Gasteiger partial charge in [-0.15, -0.1) is 5.10 Å². The lowest BCUT2D eigenvalue weighted by molar-refractivity contribution is 0.298. The summed E-state index contributed by atoms with van der Waals surface area (Å²) in [6, 6.07) is 12.2. The van der Waals surface area contributed by atoms with Crippen molar-refractivity contribution in [2.75, 3.05) is 37.2 Å². The number of nitrogen functional groups attached to an aromatic ring is 1. The Labute approximate surface area is 179 Å². The summed E-state index contributed by atoms with van der Waals surface area (Å²) in [6.45, 7) is 3.63. The molecule has 4 heterocycles. The molecule has 0 atom stereocenters. The van der Waals surface area contributed by atoms with Crippen molar-refractivity contribution in [3.05, 3.63) is 59.4 Å². The zero-order chi connectivity index (χ0) is 21.2. The number of hydrogen-bond donors (Lipinski definition) is 3. The minimum atomic E-state index is 0.207. The van der Waals surface area contributed by atoms with Crippen LogP contribution >= 0.6 is 0 Å². The van der Waals surface area contributed by atoms with Gasteiger partial charge in [-0.25, -0.2) is 4.98 Å². The van der Waals surface area contributed by atoms with Crippen molar-refractivity contribution in [2.45, 2.75) is 12.8 Å². The van der Waals surface area contributed by atoms with Gasteiger partial charge in [0.25, 0.3) is 0 Å². The Bertz CT molecular complexity index is 1190. The fraction of sp³-hybridized carbons (Fsp3) is 0.273. The molecule has 0 radical (unpaired) electrons. The van der Waals surface area contributed by atoms with Crippen LogP contribution in [0.4, 0.5) is 11.8 Å². The molecule has 0 spiro atoms. The molecule has 4 N–H and O–H groups in total. The molecule has 5 rings (SSSR count).